The summed E-state index contributed by atoms with van der Waals surface area (Å²) in [6.07, 6.45) is 4.50. The van der Waals surface area contributed by atoms with Gasteiger partial charge in [-0.05, 0) is 44.3 Å². The van der Waals surface area contributed by atoms with Gasteiger partial charge in [-0.25, -0.2) is 8.42 Å². The van der Waals surface area contributed by atoms with E-state index in [0.29, 0.717) is 12.0 Å². The van der Waals surface area contributed by atoms with E-state index in [1.54, 1.807) is 4.31 Å². The Bertz CT molecular complexity index is 416. The Kier molecular flexibility index (Phi) is 6.93. The molecule has 0 bridgehead atoms. The average Bonchev–Trinajstić information content (AvgIpc) is 2.77. The second-order valence-electron chi connectivity index (χ2n) is 6.71. The summed E-state index contributed by atoms with van der Waals surface area (Å²) in [6, 6.07) is 0.195. The number of sulfonamides is 1. The Morgan fingerprint density at radius 3 is 2.38 bits per heavy atom. The van der Waals surface area contributed by atoms with Gasteiger partial charge in [0.25, 0.3) is 0 Å². The van der Waals surface area contributed by atoms with Crippen molar-refractivity contribution in [1.29, 1.82) is 0 Å². The molecule has 126 valence electrons. The minimum Gasteiger partial charge on any atom is -0.316 e. The molecular formula is C14H30ClN3O2S. The first-order chi connectivity index (χ1) is 9.34. The zero-order chi connectivity index (χ0) is 14.8. The summed E-state index contributed by atoms with van der Waals surface area (Å²) in [5, 5.41) is 3.44. The van der Waals surface area contributed by atoms with E-state index in [0.717, 1.165) is 45.6 Å². The minimum atomic E-state index is -3.06. The lowest BCUT2D eigenvalue weighted by Gasteiger charge is -2.39. The van der Waals surface area contributed by atoms with Crippen molar-refractivity contribution in [3.63, 3.8) is 0 Å². The molecule has 0 radical (unpaired) electrons. The van der Waals surface area contributed by atoms with Crippen molar-refractivity contribution < 1.29 is 8.42 Å². The molecule has 21 heavy (non-hydrogen) atoms. The normalized spacial score (nSPS) is 28.8. The number of piperidine rings is 1. The number of nitrogens with zero attached hydrogens (tertiary/aromatic N) is 2. The van der Waals surface area contributed by atoms with Gasteiger partial charge in [-0.15, -0.1) is 12.4 Å². The molecule has 0 saturated carbocycles. The van der Waals surface area contributed by atoms with Crippen LogP contribution in [0.4, 0.5) is 0 Å². The van der Waals surface area contributed by atoms with Crippen LogP contribution in [0, 0.1) is 5.41 Å². The molecule has 2 heterocycles. The van der Waals surface area contributed by atoms with E-state index in [4.69, 9.17) is 0 Å². The van der Waals surface area contributed by atoms with E-state index < -0.39 is 10.0 Å². The predicted octanol–water partition coefficient (Wildman–Crippen LogP) is 1.15. The molecule has 0 aliphatic carbocycles. The molecule has 0 spiro atoms. The van der Waals surface area contributed by atoms with Crippen LogP contribution >= 0.6 is 12.4 Å². The molecule has 2 rings (SSSR count). The number of nitrogens with one attached hydrogen (secondary N) is 1. The standard InChI is InChI=1S/C14H29N3O2S.ClH/c1-4-17(20(3,18)19)13-5-9-16(10-6-13)12-14(2)7-8-15-11-14;/h13,15H,4-12H2,1-3H3;1H. The van der Waals surface area contributed by atoms with Crippen molar-refractivity contribution in [3.05, 3.63) is 0 Å². The smallest absolute Gasteiger partial charge is 0.211 e. The van der Waals surface area contributed by atoms with Crippen molar-refractivity contribution in [2.45, 2.75) is 39.2 Å². The summed E-state index contributed by atoms with van der Waals surface area (Å²) in [5.41, 5.74) is 0.397. The fourth-order valence-corrected chi connectivity index (χ4v) is 4.89. The van der Waals surface area contributed by atoms with Gasteiger partial charge in [0.05, 0.1) is 6.26 Å². The maximum atomic E-state index is 11.8. The van der Waals surface area contributed by atoms with Gasteiger partial charge < -0.3 is 10.2 Å². The van der Waals surface area contributed by atoms with E-state index in [1.165, 1.54) is 12.7 Å². The van der Waals surface area contributed by atoms with Crippen molar-refractivity contribution in [3.8, 4) is 0 Å². The van der Waals surface area contributed by atoms with Crippen LogP contribution in [0.1, 0.15) is 33.1 Å². The zero-order valence-electron chi connectivity index (χ0n) is 13.5. The van der Waals surface area contributed by atoms with Crippen LogP contribution < -0.4 is 5.32 Å². The van der Waals surface area contributed by atoms with Crippen LogP contribution in [0.5, 0.6) is 0 Å². The lowest BCUT2D eigenvalue weighted by atomic mass is 9.88. The number of rotatable bonds is 5. The number of halogens is 1. The molecule has 2 aliphatic heterocycles. The number of likely N-dealkylation sites (tertiary alicyclic amines) is 1. The van der Waals surface area contributed by atoms with Crippen LogP contribution in [0.15, 0.2) is 0 Å². The molecule has 2 saturated heterocycles. The second kappa shape index (κ2) is 7.59. The molecule has 1 atom stereocenters. The average molecular weight is 340 g/mol. The van der Waals surface area contributed by atoms with Crippen LogP contribution in [0.2, 0.25) is 0 Å². The summed E-state index contributed by atoms with van der Waals surface area (Å²) < 4.78 is 25.2. The third kappa shape index (κ3) is 5.06. The summed E-state index contributed by atoms with van der Waals surface area (Å²) in [5.74, 6) is 0. The molecule has 2 fully saturated rings. The van der Waals surface area contributed by atoms with E-state index >= 15 is 0 Å². The molecule has 0 aromatic carbocycles. The Hall–Kier alpha value is 0.120. The lowest BCUT2D eigenvalue weighted by Crippen LogP contribution is -2.49. The van der Waals surface area contributed by atoms with Crippen LogP contribution in [-0.2, 0) is 10.0 Å². The highest BCUT2D eigenvalue weighted by atomic mass is 35.5. The predicted molar refractivity (Wildman–Crippen MR) is 89.5 cm³/mol. The maximum absolute atomic E-state index is 11.8. The molecule has 1 N–H and O–H groups in total. The molecule has 7 heteroatoms. The maximum Gasteiger partial charge on any atom is 0.211 e. The van der Waals surface area contributed by atoms with Gasteiger partial charge in [0.1, 0.15) is 0 Å². The molecule has 2 aliphatic rings. The second-order valence-corrected chi connectivity index (χ2v) is 8.65. The third-order valence-electron chi connectivity index (χ3n) is 4.76. The summed E-state index contributed by atoms with van der Waals surface area (Å²) in [6.45, 7) is 10.3. The van der Waals surface area contributed by atoms with Gasteiger partial charge in [-0.1, -0.05) is 13.8 Å². The number of hydrogen-bond acceptors (Lipinski definition) is 4. The van der Waals surface area contributed by atoms with Crippen molar-refractivity contribution >= 4 is 22.4 Å². The van der Waals surface area contributed by atoms with Crippen LogP contribution in [0.25, 0.3) is 0 Å². The quantitative estimate of drug-likeness (QED) is 0.816. The topological polar surface area (TPSA) is 52.6 Å². The highest BCUT2D eigenvalue weighted by Gasteiger charge is 2.34. The highest BCUT2D eigenvalue weighted by Crippen LogP contribution is 2.28. The van der Waals surface area contributed by atoms with Crippen molar-refractivity contribution in [2.75, 3.05) is 45.5 Å². The Balaban J connectivity index is 0.00000220. The molecule has 0 aromatic heterocycles. The Morgan fingerprint density at radius 1 is 1.33 bits per heavy atom. The third-order valence-corrected chi connectivity index (χ3v) is 6.17. The fraction of sp³-hybridized carbons (Fsp3) is 1.00. The van der Waals surface area contributed by atoms with E-state index in [9.17, 15) is 8.42 Å². The Labute approximate surface area is 135 Å². The number of hydrogen-bond donors (Lipinski definition) is 1. The van der Waals surface area contributed by atoms with Gasteiger partial charge in [0, 0.05) is 25.7 Å². The van der Waals surface area contributed by atoms with E-state index in [1.807, 2.05) is 6.92 Å². The fourth-order valence-electron chi connectivity index (χ4n) is 3.67. The SMILES string of the molecule is CCN(C1CCN(CC2(C)CCNC2)CC1)S(C)(=O)=O.Cl. The molecular weight excluding hydrogens is 310 g/mol. The van der Waals surface area contributed by atoms with E-state index in [2.05, 4.69) is 17.1 Å². The molecule has 0 amide bonds. The van der Waals surface area contributed by atoms with E-state index in [-0.39, 0.29) is 18.4 Å². The first kappa shape index (κ1) is 19.2. The van der Waals surface area contributed by atoms with Gasteiger partial charge >= 0.3 is 0 Å². The van der Waals surface area contributed by atoms with Gasteiger partial charge in [0.15, 0.2) is 0 Å². The highest BCUT2D eigenvalue weighted by molar-refractivity contribution is 7.88. The first-order valence-corrected chi connectivity index (χ1v) is 9.59. The summed E-state index contributed by atoms with van der Waals surface area (Å²) in [7, 11) is -3.06. The van der Waals surface area contributed by atoms with Crippen LogP contribution in [0.3, 0.4) is 0 Å². The van der Waals surface area contributed by atoms with Crippen LogP contribution in [-0.4, -0.2) is 69.2 Å². The first-order valence-electron chi connectivity index (χ1n) is 7.74. The lowest BCUT2D eigenvalue weighted by molar-refractivity contribution is 0.118. The minimum absolute atomic E-state index is 0. The zero-order valence-corrected chi connectivity index (χ0v) is 15.1. The molecule has 5 nitrogen and oxygen atoms in total. The summed E-state index contributed by atoms with van der Waals surface area (Å²) >= 11 is 0. The van der Waals surface area contributed by atoms with Gasteiger partial charge in [-0.2, -0.15) is 4.31 Å². The van der Waals surface area contributed by atoms with Gasteiger partial charge in [0.2, 0.25) is 10.0 Å². The Morgan fingerprint density at radius 2 is 1.95 bits per heavy atom. The monoisotopic (exact) mass is 339 g/mol. The summed E-state index contributed by atoms with van der Waals surface area (Å²) in [4.78, 5) is 2.51. The molecule has 0 aromatic rings. The van der Waals surface area contributed by atoms with Gasteiger partial charge in [-0.3, -0.25) is 0 Å². The van der Waals surface area contributed by atoms with Crippen molar-refractivity contribution in [2.24, 2.45) is 5.41 Å². The van der Waals surface area contributed by atoms with Crippen molar-refractivity contribution in [1.82, 2.24) is 14.5 Å². The molecule has 1 unspecified atom stereocenters. The largest absolute Gasteiger partial charge is 0.316 e.